The highest BCUT2D eigenvalue weighted by Gasteiger charge is 2.30. The zero-order valence-corrected chi connectivity index (χ0v) is 20.3. The third-order valence-corrected chi connectivity index (χ3v) is 6.09. The lowest BCUT2D eigenvalue weighted by molar-refractivity contribution is 0.103. The Bertz CT molecular complexity index is 1300. The number of nitrogens with zero attached hydrogens (tertiary/aromatic N) is 3. The SMILES string of the molecule is COc1ccc(OC)c(-c2c(C(=O)c3ccc(Br)cc3)c(O)c(O)n2CCCn2ccnc2)c1. The fraction of sp³-hybridized carbons (Fsp3) is 0.200. The van der Waals surface area contributed by atoms with E-state index in [1.165, 1.54) is 11.7 Å². The maximum atomic E-state index is 13.6. The van der Waals surface area contributed by atoms with E-state index in [9.17, 15) is 15.0 Å². The van der Waals surface area contributed by atoms with Crippen LogP contribution in [-0.4, -0.2) is 44.3 Å². The Morgan fingerprint density at radius 2 is 1.82 bits per heavy atom. The number of carbonyl (C=O) groups excluding carboxylic acids is 1. The number of aryl methyl sites for hydroxylation is 1. The van der Waals surface area contributed by atoms with E-state index in [2.05, 4.69) is 20.9 Å². The lowest BCUT2D eigenvalue weighted by Gasteiger charge is -2.16. The molecule has 0 unspecified atom stereocenters. The van der Waals surface area contributed by atoms with Crippen LogP contribution in [0.25, 0.3) is 11.3 Å². The van der Waals surface area contributed by atoms with Crippen LogP contribution in [0, 0.1) is 0 Å². The summed E-state index contributed by atoms with van der Waals surface area (Å²) >= 11 is 3.37. The molecule has 2 aromatic carbocycles. The summed E-state index contributed by atoms with van der Waals surface area (Å²) < 4.78 is 15.2. The van der Waals surface area contributed by atoms with Gasteiger partial charge in [0.15, 0.2) is 11.5 Å². The lowest BCUT2D eigenvalue weighted by Crippen LogP contribution is -2.08. The summed E-state index contributed by atoms with van der Waals surface area (Å²) in [4.78, 5) is 17.6. The number of rotatable bonds is 9. The summed E-state index contributed by atoms with van der Waals surface area (Å²) in [5.41, 5.74) is 1.23. The van der Waals surface area contributed by atoms with Gasteiger partial charge in [0.25, 0.3) is 0 Å². The maximum absolute atomic E-state index is 13.6. The van der Waals surface area contributed by atoms with Gasteiger partial charge in [-0.2, -0.15) is 0 Å². The van der Waals surface area contributed by atoms with Crippen LogP contribution in [0.5, 0.6) is 23.1 Å². The quantitative estimate of drug-likeness (QED) is 0.302. The van der Waals surface area contributed by atoms with E-state index < -0.39 is 11.5 Å². The number of ether oxygens (including phenoxy) is 2. The third kappa shape index (κ3) is 4.51. The Hall–Kier alpha value is -3.72. The summed E-state index contributed by atoms with van der Waals surface area (Å²) in [5.74, 6) is -0.267. The van der Waals surface area contributed by atoms with Crippen molar-refractivity contribution in [2.24, 2.45) is 0 Å². The molecule has 34 heavy (non-hydrogen) atoms. The molecule has 2 aromatic heterocycles. The number of methoxy groups -OCH3 is 2. The highest BCUT2D eigenvalue weighted by molar-refractivity contribution is 9.10. The van der Waals surface area contributed by atoms with Crippen molar-refractivity contribution in [2.75, 3.05) is 14.2 Å². The number of hydrogen-bond acceptors (Lipinski definition) is 6. The number of aromatic nitrogens is 3. The average molecular weight is 526 g/mol. The molecule has 4 aromatic rings. The first-order valence-electron chi connectivity index (χ1n) is 10.6. The zero-order valence-electron chi connectivity index (χ0n) is 18.7. The summed E-state index contributed by atoms with van der Waals surface area (Å²) in [6.45, 7) is 0.976. The Morgan fingerprint density at radius 3 is 2.47 bits per heavy atom. The van der Waals surface area contributed by atoms with Crippen molar-refractivity contribution >= 4 is 21.7 Å². The Morgan fingerprint density at radius 1 is 1.06 bits per heavy atom. The predicted octanol–water partition coefficient (Wildman–Crippen LogP) is 4.86. The number of hydrogen-bond donors (Lipinski definition) is 2. The van der Waals surface area contributed by atoms with Crippen LogP contribution in [0.4, 0.5) is 0 Å². The second kappa shape index (κ2) is 10.0. The predicted molar refractivity (Wildman–Crippen MR) is 131 cm³/mol. The molecule has 2 heterocycles. The molecule has 176 valence electrons. The van der Waals surface area contributed by atoms with E-state index >= 15 is 0 Å². The van der Waals surface area contributed by atoms with Gasteiger partial charge in [0.05, 0.1) is 31.8 Å². The molecule has 0 fully saturated rings. The summed E-state index contributed by atoms with van der Waals surface area (Å²) in [7, 11) is 3.06. The minimum atomic E-state index is -0.476. The molecule has 0 spiro atoms. The van der Waals surface area contributed by atoms with Crippen LogP contribution in [-0.2, 0) is 13.1 Å². The van der Waals surface area contributed by atoms with E-state index in [0.29, 0.717) is 47.8 Å². The Kier molecular flexibility index (Phi) is 6.93. The molecule has 8 nitrogen and oxygen atoms in total. The van der Waals surface area contributed by atoms with Gasteiger partial charge in [0, 0.05) is 41.1 Å². The summed E-state index contributed by atoms with van der Waals surface area (Å²) in [6.07, 6.45) is 5.87. The molecular formula is C25H24BrN3O5. The standard InChI is InChI=1S/C25H24BrN3O5/c1-33-18-8-9-20(34-2)19(14-18)22-21(23(30)16-4-6-17(26)7-5-16)24(31)25(32)29(22)12-3-11-28-13-10-27-15-28/h4-10,13-15,31-32H,3,11-12H2,1-2H3. The highest BCUT2D eigenvalue weighted by atomic mass is 79.9. The molecule has 0 aliphatic heterocycles. The molecule has 0 aliphatic rings. The summed E-state index contributed by atoms with van der Waals surface area (Å²) in [5, 5.41) is 21.8. The zero-order chi connectivity index (χ0) is 24.2. The van der Waals surface area contributed by atoms with Crippen molar-refractivity contribution in [1.82, 2.24) is 14.1 Å². The van der Waals surface area contributed by atoms with Gasteiger partial charge >= 0.3 is 0 Å². The van der Waals surface area contributed by atoms with Crippen molar-refractivity contribution in [3.63, 3.8) is 0 Å². The van der Waals surface area contributed by atoms with E-state index in [0.717, 1.165) is 4.47 Å². The van der Waals surface area contributed by atoms with Gasteiger partial charge in [0.1, 0.15) is 11.5 Å². The maximum Gasteiger partial charge on any atom is 0.235 e. The van der Waals surface area contributed by atoms with Crippen molar-refractivity contribution in [3.8, 4) is 34.4 Å². The largest absolute Gasteiger partial charge is 0.503 e. The van der Waals surface area contributed by atoms with Crippen LogP contribution >= 0.6 is 15.9 Å². The van der Waals surface area contributed by atoms with Gasteiger partial charge in [-0.05, 0) is 48.9 Å². The topological polar surface area (TPSA) is 98.7 Å². The van der Waals surface area contributed by atoms with Crippen LogP contribution < -0.4 is 9.47 Å². The first-order valence-corrected chi connectivity index (χ1v) is 11.4. The molecule has 0 saturated heterocycles. The molecule has 0 bridgehead atoms. The minimum Gasteiger partial charge on any atom is -0.503 e. The lowest BCUT2D eigenvalue weighted by atomic mass is 9.98. The van der Waals surface area contributed by atoms with Gasteiger partial charge in [-0.3, -0.25) is 4.79 Å². The van der Waals surface area contributed by atoms with E-state index in [-0.39, 0.29) is 11.4 Å². The number of carbonyl (C=O) groups is 1. The van der Waals surface area contributed by atoms with Crippen LogP contribution in [0.1, 0.15) is 22.3 Å². The average Bonchev–Trinajstić information content (AvgIpc) is 3.46. The van der Waals surface area contributed by atoms with E-state index in [4.69, 9.17) is 9.47 Å². The molecule has 0 aliphatic carbocycles. The minimum absolute atomic E-state index is 0.00555. The van der Waals surface area contributed by atoms with Crippen molar-refractivity contribution in [1.29, 1.82) is 0 Å². The highest BCUT2D eigenvalue weighted by Crippen LogP contribution is 2.45. The van der Waals surface area contributed by atoms with Crippen LogP contribution in [0.15, 0.2) is 65.7 Å². The normalized spacial score (nSPS) is 10.9. The Labute approximate surface area is 205 Å². The first-order chi connectivity index (χ1) is 16.4. The molecule has 0 atom stereocenters. The second-order valence-corrected chi connectivity index (χ2v) is 8.52. The third-order valence-electron chi connectivity index (χ3n) is 5.56. The number of ketones is 1. The van der Waals surface area contributed by atoms with Crippen molar-refractivity contribution < 1.29 is 24.5 Å². The van der Waals surface area contributed by atoms with E-state index in [1.807, 2.05) is 10.8 Å². The summed E-state index contributed by atoms with van der Waals surface area (Å²) in [6, 6.07) is 12.0. The number of imidazole rings is 1. The van der Waals surface area contributed by atoms with Gasteiger partial charge < -0.3 is 28.8 Å². The van der Waals surface area contributed by atoms with Gasteiger partial charge in [-0.1, -0.05) is 15.9 Å². The monoisotopic (exact) mass is 525 g/mol. The molecule has 0 saturated carbocycles. The van der Waals surface area contributed by atoms with Crippen molar-refractivity contribution in [3.05, 3.63) is 76.8 Å². The molecule has 9 heteroatoms. The van der Waals surface area contributed by atoms with Crippen LogP contribution in [0.3, 0.4) is 0 Å². The molecule has 4 rings (SSSR count). The van der Waals surface area contributed by atoms with Gasteiger partial charge in [-0.15, -0.1) is 0 Å². The molecule has 0 amide bonds. The van der Waals surface area contributed by atoms with Gasteiger partial charge in [0.2, 0.25) is 5.88 Å². The first kappa shape index (κ1) is 23.4. The molecule has 0 radical (unpaired) electrons. The van der Waals surface area contributed by atoms with E-state index in [1.54, 1.807) is 62.1 Å². The molecular weight excluding hydrogens is 502 g/mol. The Balaban J connectivity index is 1.87. The second-order valence-electron chi connectivity index (χ2n) is 7.60. The molecule has 2 N–H and O–H groups in total. The number of aromatic hydroxyl groups is 2. The smallest absolute Gasteiger partial charge is 0.235 e. The van der Waals surface area contributed by atoms with Crippen molar-refractivity contribution in [2.45, 2.75) is 19.5 Å². The fourth-order valence-electron chi connectivity index (χ4n) is 3.88. The number of halogens is 1. The van der Waals surface area contributed by atoms with Gasteiger partial charge in [-0.25, -0.2) is 4.98 Å². The number of benzene rings is 2. The van der Waals surface area contributed by atoms with Crippen LogP contribution in [0.2, 0.25) is 0 Å². The fourth-order valence-corrected chi connectivity index (χ4v) is 4.14.